The number of carbonyl (C=O) groups is 1. The molecule has 1 fully saturated rings. The van der Waals surface area contributed by atoms with Crippen LogP contribution >= 0.6 is 0 Å². The number of benzene rings is 1. The third-order valence-corrected chi connectivity index (χ3v) is 3.02. The van der Waals surface area contributed by atoms with Crippen molar-refractivity contribution < 1.29 is 14.3 Å². The summed E-state index contributed by atoms with van der Waals surface area (Å²) in [5, 5.41) is 0. The molecule has 1 aromatic rings. The average molecular weight is 234 g/mol. The Balaban J connectivity index is 1.98. The molecule has 2 rings (SSSR count). The summed E-state index contributed by atoms with van der Waals surface area (Å²) in [6.07, 6.45) is 1.70. The Labute approximate surface area is 102 Å². The van der Waals surface area contributed by atoms with Crippen LogP contribution in [0.2, 0.25) is 0 Å². The Kier molecular flexibility index (Phi) is 3.48. The summed E-state index contributed by atoms with van der Waals surface area (Å²) in [5.74, 6) is -0.640. The van der Waals surface area contributed by atoms with Crippen molar-refractivity contribution in [2.75, 3.05) is 6.61 Å². The average Bonchev–Trinajstić information content (AvgIpc) is 2.91. The van der Waals surface area contributed by atoms with E-state index in [0.717, 1.165) is 12.8 Å². The Hall–Kier alpha value is -1.35. The minimum Gasteiger partial charge on any atom is -0.433 e. The molecule has 0 N–H and O–H groups in total. The summed E-state index contributed by atoms with van der Waals surface area (Å²) in [5.41, 5.74) is 1.26. The molecule has 92 valence electrons. The van der Waals surface area contributed by atoms with E-state index in [-0.39, 0.29) is 11.9 Å². The highest BCUT2D eigenvalue weighted by Crippen LogP contribution is 2.49. The fraction of sp³-hybridized carbons (Fsp3) is 0.500. The number of ether oxygens (including phenoxy) is 2. The van der Waals surface area contributed by atoms with Crippen LogP contribution < -0.4 is 0 Å². The fourth-order valence-corrected chi connectivity index (χ4v) is 2.23. The quantitative estimate of drug-likeness (QED) is 0.580. The molecule has 0 spiro atoms. The van der Waals surface area contributed by atoms with Crippen molar-refractivity contribution in [2.45, 2.75) is 32.5 Å². The van der Waals surface area contributed by atoms with Gasteiger partial charge in [0.15, 0.2) is 0 Å². The SMILES string of the molecule is CCO[C@@]1(OC(C)=O)C[C@@H]1Cc1ccccc1. The van der Waals surface area contributed by atoms with Gasteiger partial charge in [-0.2, -0.15) is 0 Å². The highest BCUT2D eigenvalue weighted by atomic mass is 16.7. The number of rotatable bonds is 5. The largest absolute Gasteiger partial charge is 0.433 e. The molecule has 0 saturated heterocycles. The molecule has 0 bridgehead atoms. The second-order valence-corrected chi connectivity index (χ2v) is 4.43. The highest BCUT2D eigenvalue weighted by molar-refractivity contribution is 5.66. The zero-order valence-corrected chi connectivity index (χ0v) is 10.3. The Morgan fingerprint density at radius 2 is 2.12 bits per heavy atom. The van der Waals surface area contributed by atoms with Gasteiger partial charge in [-0.05, 0) is 18.9 Å². The first-order valence-electron chi connectivity index (χ1n) is 6.04. The molecule has 0 unspecified atom stereocenters. The van der Waals surface area contributed by atoms with Gasteiger partial charge in [-0.3, -0.25) is 4.79 Å². The van der Waals surface area contributed by atoms with Crippen molar-refractivity contribution >= 4 is 5.97 Å². The summed E-state index contributed by atoms with van der Waals surface area (Å²) in [4.78, 5) is 11.1. The van der Waals surface area contributed by atoms with Crippen molar-refractivity contribution in [3.05, 3.63) is 35.9 Å². The Morgan fingerprint density at radius 1 is 1.41 bits per heavy atom. The lowest BCUT2D eigenvalue weighted by molar-refractivity contribution is -0.190. The van der Waals surface area contributed by atoms with Gasteiger partial charge in [-0.1, -0.05) is 30.3 Å². The second kappa shape index (κ2) is 4.88. The van der Waals surface area contributed by atoms with Gasteiger partial charge >= 0.3 is 5.97 Å². The maximum atomic E-state index is 11.1. The van der Waals surface area contributed by atoms with E-state index in [2.05, 4.69) is 12.1 Å². The van der Waals surface area contributed by atoms with Crippen LogP contribution in [0.25, 0.3) is 0 Å². The van der Waals surface area contributed by atoms with Crippen LogP contribution in [0.3, 0.4) is 0 Å². The predicted octanol–water partition coefficient (Wildman–Crippen LogP) is 2.54. The van der Waals surface area contributed by atoms with Gasteiger partial charge in [0.05, 0.1) is 0 Å². The van der Waals surface area contributed by atoms with Crippen LogP contribution in [0.5, 0.6) is 0 Å². The minimum absolute atomic E-state index is 0.269. The third kappa shape index (κ3) is 2.86. The Bertz CT molecular complexity index is 388. The zero-order valence-electron chi connectivity index (χ0n) is 10.3. The molecule has 1 aromatic carbocycles. The molecular weight excluding hydrogens is 216 g/mol. The molecule has 17 heavy (non-hydrogen) atoms. The van der Waals surface area contributed by atoms with E-state index >= 15 is 0 Å². The van der Waals surface area contributed by atoms with Crippen molar-refractivity contribution in [1.29, 1.82) is 0 Å². The molecule has 0 radical (unpaired) electrons. The van der Waals surface area contributed by atoms with Crippen molar-refractivity contribution in [3.8, 4) is 0 Å². The third-order valence-electron chi connectivity index (χ3n) is 3.02. The number of carbonyl (C=O) groups excluding carboxylic acids is 1. The number of hydrogen-bond donors (Lipinski definition) is 0. The predicted molar refractivity (Wildman–Crippen MR) is 64.4 cm³/mol. The summed E-state index contributed by atoms with van der Waals surface area (Å²) in [6.45, 7) is 3.92. The first-order valence-corrected chi connectivity index (χ1v) is 6.04. The molecule has 0 aromatic heterocycles. The van der Waals surface area contributed by atoms with Crippen LogP contribution in [0.15, 0.2) is 30.3 Å². The van der Waals surface area contributed by atoms with Gasteiger partial charge in [0.2, 0.25) is 5.79 Å². The molecule has 2 atom stereocenters. The molecule has 1 saturated carbocycles. The highest BCUT2D eigenvalue weighted by Gasteiger charge is 2.58. The summed E-state index contributed by atoms with van der Waals surface area (Å²) in [6, 6.07) is 10.2. The number of esters is 1. The normalized spacial score (nSPS) is 26.6. The number of hydrogen-bond acceptors (Lipinski definition) is 3. The van der Waals surface area contributed by atoms with Gasteiger partial charge < -0.3 is 9.47 Å². The maximum absolute atomic E-state index is 11.1. The zero-order chi connectivity index (χ0) is 12.3. The van der Waals surface area contributed by atoms with Gasteiger partial charge in [0.25, 0.3) is 0 Å². The molecule has 1 aliphatic rings. The molecule has 3 heteroatoms. The molecule has 1 aliphatic carbocycles. The van der Waals surface area contributed by atoms with Crippen LogP contribution in [0.1, 0.15) is 25.8 Å². The lowest BCUT2D eigenvalue weighted by atomic mass is 10.1. The van der Waals surface area contributed by atoms with Crippen LogP contribution in [0, 0.1) is 5.92 Å². The standard InChI is InChI=1S/C14H18O3/c1-3-16-14(17-11(2)15)10-13(14)9-12-7-5-4-6-8-12/h4-8,13H,3,9-10H2,1-2H3/t13-,14+/m0/s1. The van der Waals surface area contributed by atoms with E-state index in [0.29, 0.717) is 6.61 Å². The molecule has 3 nitrogen and oxygen atoms in total. The van der Waals surface area contributed by atoms with E-state index < -0.39 is 5.79 Å². The summed E-state index contributed by atoms with van der Waals surface area (Å²) < 4.78 is 10.9. The topological polar surface area (TPSA) is 35.5 Å². The van der Waals surface area contributed by atoms with Gasteiger partial charge in [-0.15, -0.1) is 0 Å². The van der Waals surface area contributed by atoms with E-state index in [1.807, 2.05) is 25.1 Å². The first-order chi connectivity index (χ1) is 8.16. The van der Waals surface area contributed by atoms with E-state index in [9.17, 15) is 4.79 Å². The van der Waals surface area contributed by atoms with Crippen LogP contribution in [-0.4, -0.2) is 18.4 Å². The lowest BCUT2D eigenvalue weighted by Crippen LogP contribution is -2.25. The minimum atomic E-state index is -0.656. The first kappa shape index (κ1) is 12.1. The van der Waals surface area contributed by atoms with E-state index in [1.54, 1.807) is 0 Å². The summed E-state index contributed by atoms with van der Waals surface area (Å²) in [7, 11) is 0. The van der Waals surface area contributed by atoms with Crippen molar-refractivity contribution in [2.24, 2.45) is 5.92 Å². The molecule has 0 heterocycles. The summed E-state index contributed by atoms with van der Waals surface area (Å²) >= 11 is 0. The second-order valence-electron chi connectivity index (χ2n) is 4.43. The van der Waals surface area contributed by atoms with Gasteiger partial charge in [-0.25, -0.2) is 0 Å². The van der Waals surface area contributed by atoms with Crippen LogP contribution in [-0.2, 0) is 20.7 Å². The van der Waals surface area contributed by atoms with E-state index in [1.165, 1.54) is 12.5 Å². The molecular formula is C14H18O3. The van der Waals surface area contributed by atoms with Gasteiger partial charge in [0, 0.05) is 25.9 Å². The lowest BCUT2D eigenvalue weighted by Gasteiger charge is -2.17. The van der Waals surface area contributed by atoms with Gasteiger partial charge in [0.1, 0.15) is 0 Å². The monoisotopic (exact) mass is 234 g/mol. The maximum Gasteiger partial charge on any atom is 0.305 e. The fourth-order valence-electron chi connectivity index (χ4n) is 2.23. The Morgan fingerprint density at radius 3 is 2.71 bits per heavy atom. The van der Waals surface area contributed by atoms with E-state index in [4.69, 9.17) is 9.47 Å². The van der Waals surface area contributed by atoms with Crippen molar-refractivity contribution in [3.63, 3.8) is 0 Å². The smallest absolute Gasteiger partial charge is 0.305 e. The van der Waals surface area contributed by atoms with Crippen molar-refractivity contribution in [1.82, 2.24) is 0 Å². The molecule has 0 amide bonds. The molecule has 0 aliphatic heterocycles. The van der Waals surface area contributed by atoms with Crippen LogP contribution in [0.4, 0.5) is 0 Å².